The van der Waals surface area contributed by atoms with Crippen LogP contribution in [0.25, 0.3) is 0 Å². The van der Waals surface area contributed by atoms with E-state index < -0.39 is 28.2 Å². The minimum atomic E-state index is -4.97. The number of carbonyl (C=O) groups excluding carboxylic acids is 2. The Kier molecular flexibility index (Phi) is 3.95. The number of anilines is 1. The SMILES string of the molecule is O=C1OCCN1NC(=O)N(c1ccc(F)cc1)S(=O)(=O)O. The van der Waals surface area contributed by atoms with Crippen LogP contribution in [0.5, 0.6) is 0 Å². The van der Waals surface area contributed by atoms with Crippen molar-refractivity contribution >= 4 is 28.1 Å². The molecule has 0 aliphatic carbocycles. The van der Waals surface area contributed by atoms with Crippen molar-refractivity contribution in [2.45, 2.75) is 0 Å². The summed E-state index contributed by atoms with van der Waals surface area (Å²) in [5.74, 6) is -0.655. The number of cyclic esters (lactones) is 1. The molecule has 21 heavy (non-hydrogen) atoms. The molecule has 0 spiro atoms. The number of benzene rings is 1. The Bertz CT molecular complexity index is 662. The van der Waals surface area contributed by atoms with Crippen LogP contribution in [0.2, 0.25) is 0 Å². The van der Waals surface area contributed by atoms with Gasteiger partial charge in [0.15, 0.2) is 0 Å². The number of amides is 3. The van der Waals surface area contributed by atoms with Gasteiger partial charge in [-0.05, 0) is 24.3 Å². The molecular weight excluding hydrogens is 309 g/mol. The number of urea groups is 1. The third-order valence-corrected chi connectivity index (χ3v) is 3.31. The van der Waals surface area contributed by atoms with Crippen LogP contribution in [0.4, 0.5) is 19.7 Å². The molecule has 0 aromatic heterocycles. The lowest BCUT2D eigenvalue weighted by atomic mass is 10.3. The van der Waals surface area contributed by atoms with Crippen molar-refractivity contribution in [3.8, 4) is 0 Å². The lowest BCUT2D eigenvalue weighted by molar-refractivity contribution is 0.147. The van der Waals surface area contributed by atoms with E-state index in [1.807, 2.05) is 5.43 Å². The molecule has 1 fully saturated rings. The molecule has 1 aromatic rings. The molecular formula is C10H10FN3O6S. The first-order valence-electron chi connectivity index (χ1n) is 5.57. The van der Waals surface area contributed by atoms with Gasteiger partial charge < -0.3 is 4.74 Å². The van der Waals surface area contributed by atoms with Gasteiger partial charge in [0.25, 0.3) is 0 Å². The number of ether oxygens (including phenoxy) is 1. The Labute approximate surface area is 118 Å². The van der Waals surface area contributed by atoms with E-state index in [-0.39, 0.29) is 23.1 Å². The summed E-state index contributed by atoms with van der Waals surface area (Å²) in [5, 5.41) is 0.740. The summed E-state index contributed by atoms with van der Waals surface area (Å²) in [6.45, 7) is 0.0504. The standard InChI is InChI=1S/C10H10FN3O6S/c11-7-1-3-8(4-2-7)14(21(17,18)19)9(15)12-13-5-6-20-10(13)16/h1-4H,5-6H2,(H,12,15)(H,17,18,19). The summed E-state index contributed by atoms with van der Waals surface area (Å²) < 4.78 is 49.1. The van der Waals surface area contributed by atoms with Crippen molar-refractivity contribution in [2.24, 2.45) is 0 Å². The van der Waals surface area contributed by atoms with E-state index >= 15 is 0 Å². The highest BCUT2D eigenvalue weighted by Crippen LogP contribution is 2.18. The zero-order valence-corrected chi connectivity index (χ0v) is 11.2. The fourth-order valence-corrected chi connectivity index (χ4v) is 2.23. The molecule has 0 radical (unpaired) electrons. The van der Waals surface area contributed by atoms with Crippen LogP contribution in [0.15, 0.2) is 24.3 Å². The number of hydrogen-bond acceptors (Lipinski definition) is 5. The molecule has 2 rings (SSSR count). The summed E-state index contributed by atoms with van der Waals surface area (Å²) in [6, 6.07) is 2.45. The number of nitrogens with one attached hydrogen (secondary N) is 1. The van der Waals surface area contributed by atoms with Crippen molar-refractivity contribution in [3.63, 3.8) is 0 Å². The number of hydrogen-bond donors (Lipinski definition) is 2. The third kappa shape index (κ3) is 3.38. The molecule has 3 amide bonds. The van der Waals surface area contributed by atoms with Crippen molar-refractivity contribution < 1.29 is 31.7 Å². The minimum absolute atomic E-state index is 0.0158. The van der Waals surface area contributed by atoms with Crippen molar-refractivity contribution in [2.75, 3.05) is 17.5 Å². The predicted molar refractivity (Wildman–Crippen MR) is 67.0 cm³/mol. The zero-order chi connectivity index (χ0) is 15.6. The van der Waals surface area contributed by atoms with E-state index in [1.165, 1.54) is 0 Å². The maximum absolute atomic E-state index is 12.8. The highest BCUT2D eigenvalue weighted by atomic mass is 32.2. The first-order chi connectivity index (χ1) is 9.79. The van der Waals surface area contributed by atoms with E-state index in [9.17, 15) is 22.4 Å². The topological polar surface area (TPSA) is 116 Å². The average molecular weight is 319 g/mol. The van der Waals surface area contributed by atoms with E-state index in [0.29, 0.717) is 0 Å². The Hall–Kier alpha value is -2.40. The fourth-order valence-electron chi connectivity index (χ4n) is 1.59. The lowest BCUT2D eigenvalue weighted by Gasteiger charge is -2.22. The van der Waals surface area contributed by atoms with Crippen LogP contribution in [0.1, 0.15) is 0 Å². The third-order valence-electron chi connectivity index (χ3n) is 2.47. The smallest absolute Gasteiger partial charge is 0.428 e. The molecule has 1 aliphatic rings. The highest BCUT2D eigenvalue weighted by Gasteiger charge is 2.32. The molecule has 11 heteroatoms. The van der Waals surface area contributed by atoms with Gasteiger partial charge in [-0.25, -0.2) is 24.4 Å². The van der Waals surface area contributed by atoms with Crippen LogP contribution in [-0.4, -0.2) is 43.3 Å². The van der Waals surface area contributed by atoms with Crippen LogP contribution in [0, 0.1) is 5.82 Å². The maximum atomic E-state index is 12.8. The largest absolute Gasteiger partial charge is 0.446 e. The van der Waals surface area contributed by atoms with E-state index in [2.05, 4.69) is 4.74 Å². The van der Waals surface area contributed by atoms with Gasteiger partial charge in [0.1, 0.15) is 12.4 Å². The van der Waals surface area contributed by atoms with E-state index in [1.54, 1.807) is 0 Å². The molecule has 0 atom stereocenters. The van der Waals surface area contributed by atoms with Crippen molar-refractivity contribution in [1.29, 1.82) is 0 Å². The monoisotopic (exact) mass is 319 g/mol. The van der Waals surface area contributed by atoms with Crippen LogP contribution in [0.3, 0.4) is 0 Å². The van der Waals surface area contributed by atoms with E-state index in [0.717, 1.165) is 29.3 Å². The second-order valence-corrected chi connectivity index (χ2v) is 5.16. The summed E-state index contributed by atoms with van der Waals surface area (Å²) in [7, 11) is -4.97. The first-order valence-corrected chi connectivity index (χ1v) is 6.97. The molecule has 1 aliphatic heterocycles. The van der Waals surface area contributed by atoms with Crippen molar-refractivity contribution in [3.05, 3.63) is 30.1 Å². The van der Waals surface area contributed by atoms with Gasteiger partial charge >= 0.3 is 22.4 Å². The summed E-state index contributed by atoms with van der Waals surface area (Å²) in [6.07, 6.45) is -0.863. The average Bonchev–Trinajstić information content (AvgIpc) is 2.76. The number of carbonyl (C=O) groups is 2. The quantitative estimate of drug-likeness (QED) is 0.784. The number of halogens is 1. The van der Waals surface area contributed by atoms with E-state index in [4.69, 9.17) is 4.55 Å². The molecule has 0 unspecified atom stereocenters. The summed E-state index contributed by atoms with van der Waals surface area (Å²) in [4.78, 5) is 23.1. The normalized spacial score (nSPS) is 14.8. The molecule has 1 aromatic carbocycles. The zero-order valence-electron chi connectivity index (χ0n) is 10.4. The Morgan fingerprint density at radius 3 is 2.48 bits per heavy atom. The minimum Gasteiger partial charge on any atom is -0.446 e. The number of nitrogens with zero attached hydrogens (tertiary/aromatic N) is 2. The van der Waals surface area contributed by atoms with Gasteiger partial charge in [0.2, 0.25) is 0 Å². The first kappa shape index (κ1) is 15.0. The van der Waals surface area contributed by atoms with Gasteiger partial charge in [-0.2, -0.15) is 12.7 Å². The van der Waals surface area contributed by atoms with Crippen molar-refractivity contribution in [1.82, 2.24) is 10.4 Å². The predicted octanol–water partition coefficient (Wildman–Crippen LogP) is 0.512. The second-order valence-electron chi connectivity index (χ2n) is 3.90. The van der Waals surface area contributed by atoms with Gasteiger partial charge in [0.05, 0.1) is 12.2 Å². The van der Waals surface area contributed by atoms with Crippen LogP contribution >= 0.6 is 0 Å². The van der Waals surface area contributed by atoms with Gasteiger partial charge in [0, 0.05) is 0 Å². The molecule has 2 N–H and O–H groups in total. The fraction of sp³-hybridized carbons (Fsp3) is 0.200. The van der Waals surface area contributed by atoms with Gasteiger partial charge in [-0.3, -0.25) is 4.55 Å². The lowest BCUT2D eigenvalue weighted by Crippen LogP contribution is -2.51. The molecule has 9 nitrogen and oxygen atoms in total. The summed E-state index contributed by atoms with van der Waals surface area (Å²) >= 11 is 0. The highest BCUT2D eigenvalue weighted by molar-refractivity contribution is 7.88. The Balaban J connectivity index is 2.26. The maximum Gasteiger partial charge on any atom is 0.428 e. The number of rotatable bonds is 3. The molecule has 0 saturated carbocycles. The van der Waals surface area contributed by atoms with Crippen LogP contribution < -0.4 is 9.73 Å². The number of hydrazine groups is 1. The van der Waals surface area contributed by atoms with Gasteiger partial charge in [-0.15, -0.1) is 0 Å². The molecule has 114 valence electrons. The Morgan fingerprint density at radius 2 is 2.00 bits per heavy atom. The van der Waals surface area contributed by atoms with Crippen LogP contribution in [-0.2, 0) is 15.0 Å². The molecule has 0 bridgehead atoms. The van der Waals surface area contributed by atoms with Gasteiger partial charge in [-0.1, -0.05) is 0 Å². The molecule has 1 saturated heterocycles. The summed E-state index contributed by atoms with van der Waals surface area (Å²) in [5.41, 5.74) is 1.66. The second kappa shape index (κ2) is 5.54. The molecule has 1 heterocycles. The Morgan fingerprint density at radius 1 is 1.38 bits per heavy atom.